The molecule has 6 heteroatoms. The van der Waals surface area contributed by atoms with Crippen molar-refractivity contribution in [2.75, 3.05) is 19.6 Å². The van der Waals surface area contributed by atoms with E-state index in [1.165, 1.54) is 18.9 Å². The summed E-state index contributed by atoms with van der Waals surface area (Å²) in [5, 5.41) is 20.3. The van der Waals surface area contributed by atoms with Gasteiger partial charge in [-0.05, 0) is 50.6 Å². The summed E-state index contributed by atoms with van der Waals surface area (Å²) < 4.78 is 3.51. The molecule has 1 aromatic carbocycles. The first kappa shape index (κ1) is 16.8. The summed E-state index contributed by atoms with van der Waals surface area (Å²) in [5.41, 5.74) is 3.17. The number of nitriles is 1. The van der Waals surface area contributed by atoms with Crippen molar-refractivity contribution >= 4 is 16.7 Å². The molecule has 3 heterocycles. The molecule has 0 saturated carbocycles. The molecule has 1 N–H and O–H groups in total. The van der Waals surface area contributed by atoms with Gasteiger partial charge in [0.05, 0.1) is 29.2 Å². The SMILES string of the molecule is Cc1cc(=O)n2c3ccccc3n(C[C@@H](O)CN3CCCC3)c2c1C#N. The molecule has 26 heavy (non-hydrogen) atoms. The molecule has 1 atom stereocenters. The Morgan fingerprint density at radius 3 is 2.58 bits per heavy atom. The topological polar surface area (TPSA) is 73.7 Å². The van der Waals surface area contributed by atoms with E-state index in [2.05, 4.69) is 11.0 Å². The Bertz CT molecular complexity index is 1070. The fraction of sp³-hybridized carbons (Fsp3) is 0.400. The van der Waals surface area contributed by atoms with Gasteiger partial charge >= 0.3 is 0 Å². The molecule has 1 fully saturated rings. The highest BCUT2D eigenvalue weighted by atomic mass is 16.3. The summed E-state index contributed by atoms with van der Waals surface area (Å²) >= 11 is 0. The zero-order chi connectivity index (χ0) is 18.3. The van der Waals surface area contributed by atoms with Crippen LogP contribution in [0, 0.1) is 18.3 Å². The minimum atomic E-state index is -0.560. The Kier molecular flexibility index (Phi) is 4.27. The Balaban J connectivity index is 1.89. The highest BCUT2D eigenvalue weighted by Gasteiger charge is 2.21. The second-order valence-corrected chi connectivity index (χ2v) is 7.07. The van der Waals surface area contributed by atoms with Crippen molar-refractivity contribution < 1.29 is 5.11 Å². The Morgan fingerprint density at radius 2 is 1.88 bits per heavy atom. The Hall–Kier alpha value is -2.62. The molecule has 0 aliphatic carbocycles. The van der Waals surface area contributed by atoms with Crippen LogP contribution in [0.3, 0.4) is 0 Å². The lowest BCUT2D eigenvalue weighted by atomic mass is 10.1. The number of aromatic nitrogens is 2. The number of aliphatic hydroxyl groups is 1. The van der Waals surface area contributed by atoms with Gasteiger partial charge < -0.3 is 14.6 Å². The van der Waals surface area contributed by atoms with E-state index < -0.39 is 6.10 Å². The van der Waals surface area contributed by atoms with Crippen molar-refractivity contribution in [2.45, 2.75) is 32.4 Å². The van der Waals surface area contributed by atoms with Gasteiger partial charge in [-0.25, -0.2) is 0 Å². The fourth-order valence-corrected chi connectivity index (χ4v) is 4.05. The standard InChI is InChI=1S/C20H22N4O2/c1-14-10-19(26)24-18-7-3-2-6-17(18)23(20(24)16(14)11-21)13-15(25)12-22-8-4-5-9-22/h2-3,6-7,10,15,25H,4-5,8-9,12-13H2,1H3/t15-/m0/s1. The first-order valence-electron chi connectivity index (χ1n) is 9.04. The number of hydrogen-bond donors (Lipinski definition) is 1. The lowest BCUT2D eigenvalue weighted by Gasteiger charge is -2.20. The van der Waals surface area contributed by atoms with Gasteiger partial charge in [-0.3, -0.25) is 9.20 Å². The van der Waals surface area contributed by atoms with Gasteiger partial charge in [0.2, 0.25) is 0 Å². The number of pyridine rings is 1. The second kappa shape index (κ2) is 6.60. The average molecular weight is 350 g/mol. The van der Waals surface area contributed by atoms with E-state index in [1.807, 2.05) is 28.8 Å². The van der Waals surface area contributed by atoms with Crippen molar-refractivity contribution in [1.82, 2.24) is 13.9 Å². The molecule has 1 aliphatic heterocycles. The van der Waals surface area contributed by atoms with Crippen LogP contribution in [0.4, 0.5) is 0 Å². The van der Waals surface area contributed by atoms with Crippen LogP contribution in [0.1, 0.15) is 24.0 Å². The molecule has 0 bridgehead atoms. The highest BCUT2D eigenvalue weighted by molar-refractivity contribution is 5.84. The number of likely N-dealkylation sites (tertiary alicyclic amines) is 1. The maximum atomic E-state index is 12.6. The van der Waals surface area contributed by atoms with Crippen molar-refractivity contribution in [1.29, 1.82) is 5.26 Å². The Morgan fingerprint density at radius 1 is 1.19 bits per heavy atom. The van der Waals surface area contributed by atoms with Crippen LogP contribution in [-0.4, -0.2) is 44.7 Å². The van der Waals surface area contributed by atoms with Crippen LogP contribution in [-0.2, 0) is 6.54 Å². The van der Waals surface area contributed by atoms with Crippen molar-refractivity contribution in [3.8, 4) is 6.07 Å². The number of fused-ring (bicyclic) bond motifs is 3. The number of aryl methyl sites for hydroxylation is 1. The molecular weight excluding hydrogens is 328 g/mol. The maximum absolute atomic E-state index is 12.6. The molecule has 134 valence electrons. The van der Waals surface area contributed by atoms with Crippen LogP contribution in [0.2, 0.25) is 0 Å². The molecule has 0 amide bonds. The van der Waals surface area contributed by atoms with E-state index in [4.69, 9.17) is 0 Å². The summed E-state index contributed by atoms with van der Waals surface area (Å²) in [4.78, 5) is 14.9. The molecule has 1 saturated heterocycles. The van der Waals surface area contributed by atoms with Gasteiger partial charge in [0.25, 0.3) is 5.56 Å². The van der Waals surface area contributed by atoms with Crippen LogP contribution < -0.4 is 5.56 Å². The first-order chi connectivity index (χ1) is 12.6. The number of aliphatic hydroxyl groups excluding tert-OH is 1. The van der Waals surface area contributed by atoms with E-state index in [9.17, 15) is 15.2 Å². The van der Waals surface area contributed by atoms with E-state index in [0.29, 0.717) is 29.9 Å². The van der Waals surface area contributed by atoms with Gasteiger partial charge in [0.15, 0.2) is 0 Å². The average Bonchev–Trinajstić information content (AvgIpc) is 3.22. The summed E-state index contributed by atoms with van der Waals surface area (Å²) in [6.07, 6.45) is 1.79. The molecule has 6 nitrogen and oxygen atoms in total. The molecule has 0 radical (unpaired) electrons. The maximum Gasteiger partial charge on any atom is 0.257 e. The quantitative estimate of drug-likeness (QED) is 0.780. The van der Waals surface area contributed by atoms with Crippen LogP contribution in [0.15, 0.2) is 35.1 Å². The smallest absolute Gasteiger partial charge is 0.257 e. The monoisotopic (exact) mass is 350 g/mol. The number of hydrogen-bond acceptors (Lipinski definition) is 4. The van der Waals surface area contributed by atoms with Gasteiger partial charge in [0, 0.05) is 12.6 Å². The van der Waals surface area contributed by atoms with E-state index in [1.54, 1.807) is 11.3 Å². The minimum absolute atomic E-state index is 0.152. The predicted octanol–water partition coefficient (Wildman–Crippen LogP) is 1.89. The molecule has 2 aromatic heterocycles. The second-order valence-electron chi connectivity index (χ2n) is 7.07. The number of β-amino-alcohol motifs (C(OH)–C–C–N with tert-alkyl or cyclic N) is 1. The zero-order valence-corrected chi connectivity index (χ0v) is 14.9. The third-order valence-electron chi connectivity index (χ3n) is 5.23. The van der Waals surface area contributed by atoms with E-state index in [-0.39, 0.29) is 5.56 Å². The molecule has 0 unspecified atom stereocenters. The van der Waals surface area contributed by atoms with Crippen molar-refractivity contribution in [3.63, 3.8) is 0 Å². The number of rotatable bonds is 4. The van der Waals surface area contributed by atoms with Crippen LogP contribution in [0.25, 0.3) is 16.7 Å². The molecule has 0 spiro atoms. The van der Waals surface area contributed by atoms with Gasteiger partial charge in [0.1, 0.15) is 11.7 Å². The van der Waals surface area contributed by atoms with E-state index >= 15 is 0 Å². The number of nitrogens with zero attached hydrogens (tertiary/aromatic N) is 4. The van der Waals surface area contributed by atoms with Crippen molar-refractivity contribution in [3.05, 3.63) is 51.8 Å². The third kappa shape index (κ3) is 2.70. The van der Waals surface area contributed by atoms with Crippen LogP contribution in [0.5, 0.6) is 0 Å². The first-order valence-corrected chi connectivity index (χ1v) is 9.04. The lowest BCUT2D eigenvalue weighted by molar-refractivity contribution is 0.111. The predicted molar refractivity (Wildman–Crippen MR) is 100 cm³/mol. The van der Waals surface area contributed by atoms with Crippen LogP contribution >= 0.6 is 0 Å². The number of benzene rings is 1. The van der Waals surface area contributed by atoms with Gasteiger partial charge in [-0.1, -0.05) is 12.1 Å². The van der Waals surface area contributed by atoms with Crippen molar-refractivity contribution in [2.24, 2.45) is 0 Å². The summed E-state index contributed by atoms with van der Waals surface area (Å²) in [6, 6.07) is 11.3. The molecule has 4 rings (SSSR count). The minimum Gasteiger partial charge on any atom is -0.390 e. The summed E-state index contributed by atoms with van der Waals surface area (Å²) in [5.74, 6) is 0. The van der Waals surface area contributed by atoms with Gasteiger partial charge in [-0.15, -0.1) is 0 Å². The lowest BCUT2D eigenvalue weighted by Crippen LogP contribution is -2.33. The summed E-state index contributed by atoms with van der Waals surface area (Å²) in [6.45, 7) is 4.78. The number of imidazole rings is 1. The Labute approximate surface area is 151 Å². The fourth-order valence-electron chi connectivity index (χ4n) is 4.05. The number of para-hydroxylation sites is 2. The largest absolute Gasteiger partial charge is 0.390 e. The van der Waals surface area contributed by atoms with Gasteiger partial charge in [-0.2, -0.15) is 5.26 Å². The highest BCUT2D eigenvalue weighted by Crippen LogP contribution is 2.24. The molecular formula is C20H22N4O2. The third-order valence-corrected chi connectivity index (χ3v) is 5.23. The molecule has 3 aromatic rings. The van der Waals surface area contributed by atoms with E-state index in [0.717, 1.165) is 24.1 Å². The molecule has 1 aliphatic rings. The zero-order valence-electron chi connectivity index (χ0n) is 14.9. The summed E-state index contributed by atoms with van der Waals surface area (Å²) in [7, 11) is 0. The normalized spacial score (nSPS) is 16.3.